The van der Waals surface area contributed by atoms with Crippen molar-refractivity contribution >= 4 is 0 Å². The van der Waals surface area contributed by atoms with Crippen molar-refractivity contribution in [2.45, 2.75) is 26.6 Å². The van der Waals surface area contributed by atoms with Gasteiger partial charge in [-0.25, -0.2) is 4.57 Å². The molecule has 1 atom stereocenters. The highest BCUT2D eigenvalue weighted by molar-refractivity contribution is 5.70. The summed E-state index contributed by atoms with van der Waals surface area (Å²) in [7, 11) is 2.01. The molecule has 116 valence electrons. The van der Waals surface area contributed by atoms with E-state index in [4.69, 9.17) is 5.48 Å². The van der Waals surface area contributed by atoms with Crippen LogP contribution in [0.2, 0.25) is 0 Å². The second-order valence-corrected chi connectivity index (χ2v) is 5.93. The molecule has 1 heteroatoms. The summed E-state index contributed by atoms with van der Waals surface area (Å²) in [6, 6.07) is 19.7. The molecule has 0 bridgehead atoms. The van der Waals surface area contributed by atoms with E-state index in [9.17, 15) is 0 Å². The molecule has 0 N–H and O–H groups in total. The summed E-state index contributed by atoms with van der Waals surface area (Å²) in [5.74, 6) is -1.65. The Bertz CT molecular complexity index is 974. The fourth-order valence-electron chi connectivity index (χ4n) is 2.81. The number of hydrogen-bond acceptors (Lipinski definition) is 0. The Balaban J connectivity index is 2.10. The van der Waals surface area contributed by atoms with Crippen LogP contribution in [-0.4, -0.2) is 0 Å². The van der Waals surface area contributed by atoms with Crippen molar-refractivity contribution < 1.29 is 10.1 Å². The molecular weight excluding hydrogens is 278 g/mol. The molecule has 0 aliphatic heterocycles. The van der Waals surface area contributed by atoms with Crippen molar-refractivity contribution in [3.05, 3.63) is 78.0 Å². The molecule has 0 amide bonds. The first-order valence-electron chi connectivity index (χ1n) is 9.78. The summed E-state index contributed by atoms with van der Waals surface area (Å²) < 4.78 is 33.5. The molecular formula is C22H24N+. The molecule has 1 nitrogen and oxygen atoms in total. The fourth-order valence-corrected chi connectivity index (χ4v) is 2.81. The van der Waals surface area contributed by atoms with Crippen LogP contribution >= 0.6 is 0 Å². The van der Waals surface area contributed by atoms with E-state index in [-0.39, 0.29) is 0 Å². The van der Waals surface area contributed by atoms with E-state index in [1.165, 1.54) is 12.5 Å². The number of nitrogens with zero attached hydrogens (tertiary/aromatic N) is 1. The van der Waals surface area contributed by atoms with E-state index < -0.39 is 12.7 Å². The average Bonchev–Trinajstić information content (AvgIpc) is 2.62. The molecule has 3 rings (SSSR count). The van der Waals surface area contributed by atoms with Gasteiger partial charge in [0.2, 0.25) is 5.69 Å². The van der Waals surface area contributed by atoms with E-state index in [1.54, 1.807) is 6.07 Å². The van der Waals surface area contributed by atoms with Crippen LogP contribution < -0.4 is 4.57 Å². The van der Waals surface area contributed by atoms with Gasteiger partial charge in [0.05, 0.1) is 0 Å². The lowest BCUT2D eigenvalue weighted by Gasteiger charge is -2.10. The van der Waals surface area contributed by atoms with Gasteiger partial charge in [0, 0.05) is 23.2 Å². The topological polar surface area (TPSA) is 3.88 Å². The highest BCUT2D eigenvalue weighted by atomic mass is 14.9. The molecule has 0 spiro atoms. The van der Waals surface area contributed by atoms with Crippen LogP contribution in [0.25, 0.3) is 22.4 Å². The maximum Gasteiger partial charge on any atom is 0.213 e. The fraction of sp³-hybridized carbons (Fsp3) is 0.227. The quantitative estimate of drug-likeness (QED) is 0.580. The molecule has 1 unspecified atom stereocenters. The van der Waals surface area contributed by atoms with Gasteiger partial charge in [0.1, 0.15) is 7.05 Å². The summed E-state index contributed by atoms with van der Waals surface area (Å²) in [5.41, 5.74) is 5.83. The molecule has 1 heterocycles. The number of aromatic nitrogens is 1. The van der Waals surface area contributed by atoms with Crippen molar-refractivity contribution in [2.24, 2.45) is 7.05 Å². The predicted octanol–water partition coefficient (Wildman–Crippen LogP) is 5.28. The van der Waals surface area contributed by atoms with E-state index in [1.807, 2.05) is 49.6 Å². The zero-order valence-electron chi connectivity index (χ0n) is 17.8. The number of benzene rings is 2. The van der Waals surface area contributed by atoms with Gasteiger partial charge in [-0.15, -0.1) is 0 Å². The molecule has 0 aliphatic carbocycles. The lowest BCUT2D eigenvalue weighted by molar-refractivity contribution is -0.660. The van der Waals surface area contributed by atoms with Gasteiger partial charge in [-0.3, -0.25) is 0 Å². The summed E-state index contributed by atoms with van der Waals surface area (Å²) in [4.78, 5) is 0. The molecule has 3 aromatic rings. The van der Waals surface area contributed by atoms with Gasteiger partial charge >= 0.3 is 0 Å². The Hall–Kier alpha value is -2.41. The molecule has 0 saturated heterocycles. The molecule has 0 saturated carbocycles. The number of hydrogen-bond donors (Lipinski definition) is 0. The van der Waals surface area contributed by atoms with Crippen LogP contribution in [0.3, 0.4) is 0 Å². The van der Waals surface area contributed by atoms with Crippen LogP contribution in [0.15, 0.2) is 66.9 Å². The second kappa shape index (κ2) is 6.37. The minimum absolute atomic E-state index is 0.491. The lowest BCUT2D eigenvalue weighted by Crippen LogP contribution is -2.30. The first-order chi connectivity index (χ1) is 12.6. The van der Waals surface area contributed by atoms with Gasteiger partial charge in [-0.1, -0.05) is 56.2 Å². The number of rotatable bonds is 3. The third-order valence-corrected chi connectivity index (χ3v) is 4.20. The predicted molar refractivity (Wildman–Crippen MR) is 97.3 cm³/mol. The molecule has 23 heavy (non-hydrogen) atoms. The zero-order valence-corrected chi connectivity index (χ0v) is 13.8. The summed E-state index contributed by atoms with van der Waals surface area (Å²) in [6.07, 6.45) is 2.01. The Morgan fingerprint density at radius 3 is 2.57 bits per heavy atom. The molecule has 1 aromatic heterocycles. The van der Waals surface area contributed by atoms with Gasteiger partial charge in [-0.2, -0.15) is 0 Å². The molecule has 0 aliphatic rings. The summed E-state index contributed by atoms with van der Waals surface area (Å²) in [5, 5.41) is 0. The van der Waals surface area contributed by atoms with Crippen molar-refractivity contribution in [2.75, 3.05) is 0 Å². The normalized spacial score (nSPS) is 16.7. The monoisotopic (exact) mass is 306 g/mol. The first kappa shape index (κ1) is 11.2. The Labute approximate surface area is 144 Å². The van der Waals surface area contributed by atoms with Crippen LogP contribution in [0.4, 0.5) is 0 Å². The average molecular weight is 306 g/mol. The summed E-state index contributed by atoms with van der Waals surface area (Å²) >= 11 is 0. The van der Waals surface area contributed by atoms with Gasteiger partial charge in [0.25, 0.3) is 0 Å². The molecule has 0 radical (unpaired) electrons. The lowest BCUT2D eigenvalue weighted by atomic mass is 9.96. The van der Waals surface area contributed by atoms with Crippen LogP contribution in [0, 0.1) is 6.92 Å². The van der Waals surface area contributed by atoms with E-state index in [0.29, 0.717) is 5.56 Å². The van der Waals surface area contributed by atoms with E-state index >= 15 is 0 Å². The highest BCUT2D eigenvalue weighted by Gasteiger charge is 2.14. The molecule has 0 fully saturated rings. The Kier molecular flexibility index (Phi) is 3.10. The van der Waals surface area contributed by atoms with Crippen molar-refractivity contribution in [1.82, 2.24) is 0 Å². The van der Waals surface area contributed by atoms with Crippen LogP contribution in [0.5, 0.6) is 0 Å². The smallest absolute Gasteiger partial charge is 0.201 e. The first-order valence-corrected chi connectivity index (χ1v) is 7.78. The highest BCUT2D eigenvalue weighted by Crippen LogP contribution is 2.27. The maximum absolute atomic E-state index is 8.35. The van der Waals surface area contributed by atoms with Gasteiger partial charge in [-0.05, 0) is 41.1 Å². The Morgan fingerprint density at radius 1 is 1.00 bits per heavy atom. The molecule has 2 aromatic carbocycles. The number of pyridine rings is 1. The van der Waals surface area contributed by atoms with E-state index in [2.05, 4.69) is 29.7 Å². The SMILES string of the molecule is [2H]C([2H])([2H])C([2H])(C)c1cccc(-c2cc[n+](C)c(-c3ccccc3C)c2)c1. The van der Waals surface area contributed by atoms with Crippen LogP contribution in [-0.2, 0) is 7.05 Å². The Morgan fingerprint density at radius 2 is 1.78 bits per heavy atom. The van der Waals surface area contributed by atoms with Gasteiger partial charge < -0.3 is 0 Å². The van der Waals surface area contributed by atoms with Crippen molar-refractivity contribution in [3.8, 4) is 22.4 Å². The largest absolute Gasteiger partial charge is 0.213 e. The van der Waals surface area contributed by atoms with Gasteiger partial charge in [0.15, 0.2) is 6.20 Å². The van der Waals surface area contributed by atoms with E-state index in [0.717, 1.165) is 22.4 Å². The number of aryl methyl sites for hydroxylation is 2. The zero-order chi connectivity index (χ0) is 19.8. The third kappa shape index (κ3) is 3.19. The third-order valence-electron chi connectivity index (χ3n) is 4.20. The maximum atomic E-state index is 8.35. The minimum Gasteiger partial charge on any atom is -0.201 e. The van der Waals surface area contributed by atoms with Crippen molar-refractivity contribution in [3.63, 3.8) is 0 Å². The van der Waals surface area contributed by atoms with Crippen LogP contribution in [0.1, 0.15) is 36.3 Å². The summed E-state index contributed by atoms with van der Waals surface area (Å²) in [6.45, 7) is 1.15. The van der Waals surface area contributed by atoms with Crippen molar-refractivity contribution in [1.29, 1.82) is 0 Å². The standard InChI is InChI=1S/C22H24N/c1-16(2)18-9-7-10-19(14-18)20-12-13-23(4)22(15-20)21-11-6-5-8-17(21)3/h5-16H,1-4H3/q+1/i1D3,16D. The second-order valence-electron chi connectivity index (χ2n) is 5.93. The minimum atomic E-state index is -2.39.